The van der Waals surface area contributed by atoms with Crippen LogP contribution in [0.5, 0.6) is 11.5 Å². The molecule has 0 aromatic heterocycles. The third-order valence-corrected chi connectivity index (χ3v) is 3.96. The lowest BCUT2D eigenvalue weighted by Crippen LogP contribution is -2.34. The molecule has 120 valence electrons. The van der Waals surface area contributed by atoms with Crippen LogP contribution in [-0.4, -0.2) is 37.2 Å². The van der Waals surface area contributed by atoms with Crippen molar-refractivity contribution in [3.05, 3.63) is 23.8 Å². The van der Waals surface area contributed by atoms with Gasteiger partial charge < -0.3 is 19.9 Å². The first-order chi connectivity index (χ1) is 10.5. The first-order valence-electron chi connectivity index (χ1n) is 7.26. The fourth-order valence-electron chi connectivity index (χ4n) is 2.79. The molecule has 1 saturated carbocycles. The molecule has 1 aliphatic rings. The Hall–Kier alpha value is -2.24. The van der Waals surface area contributed by atoms with Crippen LogP contribution in [0.4, 0.5) is 0 Å². The van der Waals surface area contributed by atoms with E-state index in [9.17, 15) is 9.59 Å². The van der Waals surface area contributed by atoms with Crippen LogP contribution in [0, 0.1) is 5.92 Å². The molecule has 22 heavy (non-hydrogen) atoms. The molecular weight excluding hydrogens is 286 g/mol. The van der Waals surface area contributed by atoms with E-state index in [4.69, 9.17) is 14.6 Å². The van der Waals surface area contributed by atoms with Crippen LogP contribution in [0.15, 0.2) is 18.2 Å². The van der Waals surface area contributed by atoms with Crippen molar-refractivity contribution in [3.63, 3.8) is 0 Å². The summed E-state index contributed by atoms with van der Waals surface area (Å²) in [6, 6.07) is 5.30. The van der Waals surface area contributed by atoms with Gasteiger partial charge in [-0.2, -0.15) is 0 Å². The predicted molar refractivity (Wildman–Crippen MR) is 80.2 cm³/mol. The van der Waals surface area contributed by atoms with Gasteiger partial charge in [0.05, 0.1) is 26.6 Å². The molecule has 2 rings (SSSR count). The Morgan fingerprint density at radius 2 is 1.95 bits per heavy atom. The van der Waals surface area contributed by atoms with Gasteiger partial charge in [0.2, 0.25) is 5.91 Å². The molecule has 1 aromatic carbocycles. The summed E-state index contributed by atoms with van der Waals surface area (Å²) in [6.45, 7) is 0. The van der Waals surface area contributed by atoms with Crippen LogP contribution < -0.4 is 14.8 Å². The zero-order valence-electron chi connectivity index (χ0n) is 12.8. The van der Waals surface area contributed by atoms with Crippen LogP contribution in [0.2, 0.25) is 0 Å². The minimum absolute atomic E-state index is 0.0475. The molecular formula is C16H21NO5. The quantitative estimate of drug-likeness (QED) is 0.834. The Morgan fingerprint density at radius 3 is 2.55 bits per heavy atom. The van der Waals surface area contributed by atoms with Crippen molar-refractivity contribution in [1.82, 2.24) is 5.32 Å². The van der Waals surface area contributed by atoms with E-state index in [2.05, 4.69) is 5.32 Å². The van der Waals surface area contributed by atoms with Crippen molar-refractivity contribution in [2.24, 2.45) is 5.92 Å². The van der Waals surface area contributed by atoms with Gasteiger partial charge in [-0.15, -0.1) is 0 Å². The lowest BCUT2D eigenvalue weighted by molar-refractivity contribution is -0.141. The first-order valence-corrected chi connectivity index (χ1v) is 7.26. The molecule has 1 fully saturated rings. The van der Waals surface area contributed by atoms with E-state index in [1.165, 1.54) is 0 Å². The molecule has 0 radical (unpaired) electrons. The highest BCUT2D eigenvalue weighted by molar-refractivity contribution is 5.79. The Bertz CT molecular complexity index is 557. The summed E-state index contributed by atoms with van der Waals surface area (Å²) in [7, 11) is 3.11. The summed E-state index contributed by atoms with van der Waals surface area (Å²) in [5, 5.41) is 11.9. The van der Waals surface area contributed by atoms with E-state index < -0.39 is 5.97 Å². The van der Waals surface area contributed by atoms with Gasteiger partial charge in [-0.05, 0) is 37.0 Å². The summed E-state index contributed by atoms with van der Waals surface area (Å²) in [4.78, 5) is 23.0. The maximum atomic E-state index is 12.1. The Kier molecular flexibility index (Phi) is 5.25. The van der Waals surface area contributed by atoms with E-state index in [1.807, 2.05) is 6.07 Å². The monoisotopic (exact) mass is 307 g/mol. The molecule has 0 unspecified atom stereocenters. The standard InChI is InChI=1S/C16H21NO5/c1-21-13-6-3-10(7-14(13)22-2)8-15(18)17-12-5-4-11(9-12)16(19)20/h3,6-7,11-12H,4-5,8-9H2,1-2H3,(H,17,18)(H,19,20)/t11-,12+/m1/s1. The van der Waals surface area contributed by atoms with Gasteiger partial charge in [0.25, 0.3) is 0 Å². The molecule has 0 saturated heterocycles. The lowest BCUT2D eigenvalue weighted by atomic mass is 10.1. The minimum atomic E-state index is -0.781. The number of benzene rings is 1. The number of carbonyl (C=O) groups is 2. The molecule has 0 spiro atoms. The van der Waals surface area contributed by atoms with Crippen molar-refractivity contribution >= 4 is 11.9 Å². The molecule has 1 amide bonds. The van der Waals surface area contributed by atoms with E-state index in [-0.39, 0.29) is 24.3 Å². The average molecular weight is 307 g/mol. The molecule has 6 nitrogen and oxygen atoms in total. The van der Waals surface area contributed by atoms with Crippen LogP contribution in [0.1, 0.15) is 24.8 Å². The number of rotatable bonds is 6. The smallest absolute Gasteiger partial charge is 0.306 e. The van der Waals surface area contributed by atoms with Gasteiger partial charge in [-0.1, -0.05) is 6.07 Å². The van der Waals surface area contributed by atoms with E-state index in [1.54, 1.807) is 26.4 Å². The zero-order chi connectivity index (χ0) is 16.1. The summed E-state index contributed by atoms with van der Waals surface area (Å²) < 4.78 is 10.4. The van der Waals surface area contributed by atoms with Crippen molar-refractivity contribution in [2.45, 2.75) is 31.7 Å². The summed E-state index contributed by atoms with van der Waals surface area (Å²) in [5.74, 6) is -0.0300. The van der Waals surface area contributed by atoms with Gasteiger partial charge in [0, 0.05) is 6.04 Å². The molecule has 0 heterocycles. The van der Waals surface area contributed by atoms with Gasteiger partial charge in [0.1, 0.15) is 0 Å². The highest BCUT2D eigenvalue weighted by Gasteiger charge is 2.30. The summed E-state index contributed by atoms with van der Waals surface area (Å²) in [6.07, 6.45) is 2.08. The van der Waals surface area contributed by atoms with Crippen LogP contribution >= 0.6 is 0 Å². The number of amides is 1. The van der Waals surface area contributed by atoms with Crippen molar-refractivity contribution in [2.75, 3.05) is 14.2 Å². The zero-order valence-corrected chi connectivity index (χ0v) is 12.8. The Balaban J connectivity index is 1.91. The second kappa shape index (κ2) is 7.15. The second-order valence-corrected chi connectivity index (χ2v) is 5.48. The number of nitrogens with one attached hydrogen (secondary N) is 1. The number of carboxylic acids is 1. The predicted octanol–water partition coefficient (Wildman–Crippen LogP) is 1.62. The molecule has 0 aliphatic heterocycles. The minimum Gasteiger partial charge on any atom is -0.493 e. The number of methoxy groups -OCH3 is 2. The van der Waals surface area contributed by atoms with E-state index in [0.29, 0.717) is 30.8 Å². The normalized spacial score (nSPS) is 20.5. The topological polar surface area (TPSA) is 84.9 Å². The van der Waals surface area contributed by atoms with Gasteiger partial charge >= 0.3 is 5.97 Å². The lowest BCUT2D eigenvalue weighted by Gasteiger charge is -2.13. The van der Waals surface area contributed by atoms with Crippen LogP contribution in [0.3, 0.4) is 0 Å². The van der Waals surface area contributed by atoms with Crippen LogP contribution in [0.25, 0.3) is 0 Å². The number of carbonyl (C=O) groups excluding carboxylic acids is 1. The van der Waals surface area contributed by atoms with Crippen molar-refractivity contribution in [1.29, 1.82) is 0 Å². The third kappa shape index (κ3) is 3.90. The number of carboxylic acid groups (broad SMARTS) is 1. The molecule has 6 heteroatoms. The second-order valence-electron chi connectivity index (χ2n) is 5.48. The summed E-state index contributed by atoms with van der Waals surface area (Å²) in [5.41, 5.74) is 0.822. The molecule has 1 aromatic rings. The maximum absolute atomic E-state index is 12.1. The Labute approximate surface area is 129 Å². The molecule has 2 N–H and O–H groups in total. The largest absolute Gasteiger partial charge is 0.493 e. The molecule has 0 bridgehead atoms. The van der Waals surface area contributed by atoms with Gasteiger partial charge in [-0.25, -0.2) is 0 Å². The van der Waals surface area contributed by atoms with E-state index in [0.717, 1.165) is 5.56 Å². The number of hydrogen-bond donors (Lipinski definition) is 2. The number of ether oxygens (including phenoxy) is 2. The molecule has 2 atom stereocenters. The average Bonchev–Trinajstić information content (AvgIpc) is 2.95. The first kappa shape index (κ1) is 16.1. The van der Waals surface area contributed by atoms with Crippen molar-refractivity contribution < 1.29 is 24.2 Å². The SMILES string of the molecule is COc1ccc(CC(=O)N[C@H]2CC[C@@H](C(=O)O)C2)cc1OC. The van der Waals surface area contributed by atoms with Gasteiger partial charge in [-0.3, -0.25) is 9.59 Å². The number of aliphatic carboxylic acids is 1. The summed E-state index contributed by atoms with van der Waals surface area (Å²) >= 11 is 0. The van der Waals surface area contributed by atoms with Crippen LogP contribution in [-0.2, 0) is 16.0 Å². The van der Waals surface area contributed by atoms with Crippen molar-refractivity contribution in [3.8, 4) is 11.5 Å². The molecule has 1 aliphatic carbocycles. The highest BCUT2D eigenvalue weighted by atomic mass is 16.5. The highest BCUT2D eigenvalue weighted by Crippen LogP contribution is 2.28. The fourth-order valence-corrected chi connectivity index (χ4v) is 2.79. The third-order valence-electron chi connectivity index (χ3n) is 3.96. The van der Waals surface area contributed by atoms with E-state index >= 15 is 0 Å². The Morgan fingerprint density at radius 1 is 1.23 bits per heavy atom. The van der Waals surface area contributed by atoms with Gasteiger partial charge in [0.15, 0.2) is 11.5 Å². The maximum Gasteiger partial charge on any atom is 0.306 e. The number of hydrogen-bond acceptors (Lipinski definition) is 4. The fraction of sp³-hybridized carbons (Fsp3) is 0.500.